The van der Waals surface area contributed by atoms with Gasteiger partial charge < -0.3 is 15.7 Å². The number of benzene rings is 1. The van der Waals surface area contributed by atoms with Crippen molar-refractivity contribution in [2.45, 2.75) is 70.4 Å². The number of aliphatic carboxylic acids is 1. The van der Waals surface area contributed by atoms with Crippen LogP contribution in [0.5, 0.6) is 0 Å². The van der Waals surface area contributed by atoms with Crippen LogP contribution in [0, 0.1) is 6.92 Å². The summed E-state index contributed by atoms with van der Waals surface area (Å²) in [4.78, 5) is 35.0. The Morgan fingerprint density at radius 1 is 1.19 bits per heavy atom. The van der Waals surface area contributed by atoms with Crippen LogP contribution in [0.4, 0.5) is 0 Å². The van der Waals surface area contributed by atoms with Crippen LogP contribution in [0.3, 0.4) is 0 Å². The van der Waals surface area contributed by atoms with E-state index in [-0.39, 0.29) is 24.7 Å². The molecule has 1 aromatic carbocycles. The van der Waals surface area contributed by atoms with Gasteiger partial charge in [-0.3, -0.25) is 14.4 Å². The van der Waals surface area contributed by atoms with Gasteiger partial charge >= 0.3 is 5.97 Å². The lowest BCUT2D eigenvalue weighted by atomic mass is 9.86. The first-order chi connectivity index (χ1) is 12.1. The number of hydrogen-bond donors (Lipinski definition) is 3. The summed E-state index contributed by atoms with van der Waals surface area (Å²) in [5.41, 5.74) is 1.10. The first kappa shape index (κ1) is 19.9. The van der Waals surface area contributed by atoms with Crippen molar-refractivity contribution in [1.29, 1.82) is 0 Å². The molecule has 26 heavy (non-hydrogen) atoms. The number of carbonyl (C=O) groups excluding carboxylic acids is 2. The maximum atomic E-state index is 12.5. The van der Waals surface area contributed by atoms with Crippen molar-refractivity contribution in [3.63, 3.8) is 0 Å². The molecule has 0 aromatic heterocycles. The van der Waals surface area contributed by atoms with E-state index in [9.17, 15) is 14.4 Å². The van der Waals surface area contributed by atoms with Gasteiger partial charge in [-0.05, 0) is 45.6 Å². The zero-order valence-electron chi connectivity index (χ0n) is 15.7. The molecule has 0 radical (unpaired) electrons. The van der Waals surface area contributed by atoms with Crippen LogP contribution in [0.15, 0.2) is 24.3 Å². The number of rotatable bonds is 8. The predicted molar refractivity (Wildman–Crippen MR) is 98.6 cm³/mol. The van der Waals surface area contributed by atoms with E-state index >= 15 is 0 Å². The first-order valence-electron chi connectivity index (χ1n) is 9.03. The smallest absolute Gasteiger partial charge is 0.303 e. The SMILES string of the molecule is Cc1ccc(C(C)(C)NC(=O)CC[C@@]2(CCC(=O)O)CCC(=O)N2)cc1. The number of nitrogens with one attached hydrogen (secondary N) is 2. The maximum Gasteiger partial charge on any atom is 0.303 e. The molecule has 1 aliphatic heterocycles. The highest BCUT2D eigenvalue weighted by molar-refractivity contribution is 5.80. The lowest BCUT2D eigenvalue weighted by Gasteiger charge is -2.31. The average Bonchev–Trinajstić information content (AvgIpc) is 2.93. The fourth-order valence-corrected chi connectivity index (χ4v) is 3.43. The van der Waals surface area contributed by atoms with Gasteiger partial charge in [0.15, 0.2) is 0 Å². The van der Waals surface area contributed by atoms with Gasteiger partial charge in [-0.2, -0.15) is 0 Å². The Hall–Kier alpha value is -2.37. The molecular formula is C20H28N2O4. The third-order valence-electron chi connectivity index (χ3n) is 5.11. The van der Waals surface area contributed by atoms with E-state index in [1.165, 1.54) is 0 Å². The van der Waals surface area contributed by atoms with Crippen molar-refractivity contribution in [3.05, 3.63) is 35.4 Å². The second-order valence-corrected chi connectivity index (χ2v) is 7.76. The van der Waals surface area contributed by atoms with Gasteiger partial charge in [0, 0.05) is 24.8 Å². The Balaban J connectivity index is 1.96. The molecule has 0 unspecified atom stereocenters. The lowest BCUT2D eigenvalue weighted by Crippen LogP contribution is -2.45. The van der Waals surface area contributed by atoms with E-state index in [2.05, 4.69) is 10.6 Å². The van der Waals surface area contributed by atoms with Gasteiger partial charge in [0.25, 0.3) is 0 Å². The largest absolute Gasteiger partial charge is 0.481 e. The maximum absolute atomic E-state index is 12.5. The molecule has 3 N–H and O–H groups in total. The molecule has 1 aromatic rings. The molecule has 1 heterocycles. The summed E-state index contributed by atoms with van der Waals surface area (Å²) >= 11 is 0. The summed E-state index contributed by atoms with van der Waals surface area (Å²) in [5, 5.41) is 14.9. The highest BCUT2D eigenvalue weighted by atomic mass is 16.4. The molecule has 2 rings (SSSR count). The Morgan fingerprint density at radius 3 is 2.35 bits per heavy atom. The van der Waals surface area contributed by atoms with Crippen LogP contribution >= 0.6 is 0 Å². The summed E-state index contributed by atoms with van der Waals surface area (Å²) in [6.07, 6.45) is 1.99. The Kier molecular flexibility index (Phi) is 6.05. The molecule has 6 nitrogen and oxygen atoms in total. The Morgan fingerprint density at radius 2 is 1.81 bits per heavy atom. The quantitative estimate of drug-likeness (QED) is 0.664. The molecule has 0 bridgehead atoms. The molecule has 1 atom stereocenters. The standard InChI is InChI=1S/C20H28N2O4/c1-14-4-6-15(7-5-14)19(2,3)21-16(23)8-11-20(13-10-18(25)26)12-9-17(24)22-20/h4-7H,8-13H2,1-3H3,(H,21,23)(H,22,24)(H,25,26)/t20-/m0/s1. The number of amides is 2. The minimum atomic E-state index is -0.893. The highest BCUT2D eigenvalue weighted by Gasteiger charge is 2.38. The molecular weight excluding hydrogens is 332 g/mol. The van der Waals surface area contributed by atoms with Gasteiger partial charge in [-0.15, -0.1) is 0 Å². The minimum Gasteiger partial charge on any atom is -0.481 e. The summed E-state index contributed by atoms with van der Waals surface area (Å²) in [6.45, 7) is 5.92. The molecule has 0 saturated carbocycles. The van der Waals surface area contributed by atoms with Crippen LogP contribution in [-0.2, 0) is 19.9 Å². The summed E-state index contributed by atoms with van der Waals surface area (Å²) < 4.78 is 0. The van der Waals surface area contributed by atoms with Crippen LogP contribution in [0.2, 0.25) is 0 Å². The molecule has 142 valence electrons. The zero-order chi connectivity index (χ0) is 19.4. The van der Waals surface area contributed by atoms with Crippen molar-refractivity contribution < 1.29 is 19.5 Å². The van der Waals surface area contributed by atoms with Crippen molar-refractivity contribution in [2.75, 3.05) is 0 Å². The van der Waals surface area contributed by atoms with Gasteiger partial charge in [-0.1, -0.05) is 29.8 Å². The van der Waals surface area contributed by atoms with Crippen molar-refractivity contribution in [2.24, 2.45) is 0 Å². The fourth-order valence-electron chi connectivity index (χ4n) is 3.43. The first-order valence-corrected chi connectivity index (χ1v) is 9.03. The van der Waals surface area contributed by atoms with Crippen molar-refractivity contribution in [1.82, 2.24) is 10.6 Å². The normalized spacial score (nSPS) is 19.9. The van der Waals surface area contributed by atoms with Crippen molar-refractivity contribution >= 4 is 17.8 Å². The number of hydrogen-bond acceptors (Lipinski definition) is 3. The minimum absolute atomic E-state index is 0.0171. The van der Waals surface area contributed by atoms with E-state index < -0.39 is 17.0 Å². The number of carbonyl (C=O) groups is 3. The third-order valence-corrected chi connectivity index (χ3v) is 5.11. The molecule has 1 fully saturated rings. The number of carboxylic acids is 1. The topological polar surface area (TPSA) is 95.5 Å². The second-order valence-electron chi connectivity index (χ2n) is 7.76. The molecule has 1 aliphatic rings. The van der Waals surface area contributed by atoms with Crippen LogP contribution in [0.1, 0.15) is 63.5 Å². The predicted octanol–water partition coefficient (Wildman–Crippen LogP) is 2.64. The Bertz CT molecular complexity index is 682. The van der Waals surface area contributed by atoms with Crippen LogP contribution in [-0.4, -0.2) is 28.4 Å². The molecule has 0 spiro atoms. The lowest BCUT2D eigenvalue weighted by molar-refractivity contribution is -0.137. The van der Waals surface area contributed by atoms with Gasteiger partial charge in [0.1, 0.15) is 0 Å². The molecule has 1 saturated heterocycles. The molecule has 2 amide bonds. The summed E-state index contributed by atoms with van der Waals surface area (Å²) in [7, 11) is 0. The van der Waals surface area contributed by atoms with Gasteiger partial charge in [-0.25, -0.2) is 0 Å². The van der Waals surface area contributed by atoms with E-state index in [1.54, 1.807) is 0 Å². The van der Waals surface area contributed by atoms with Crippen LogP contribution in [0.25, 0.3) is 0 Å². The van der Waals surface area contributed by atoms with E-state index in [0.29, 0.717) is 25.7 Å². The van der Waals surface area contributed by atoms with E-state index in [0.717, 1.165) is 11.1 Å². The number of carboxylic acid groups (broad SMARTS) is 1. The number of aryl methyl sites for hydroxylation is 1. The third kappa shape index (κ3) is 5.31. The molecule has 0 aliphatic carbocycles. The van der Waals surface area contributed by atoms with E-state index in [1.807, 2.05) is 45.0 Å². The zero-order valence-corrected chi connectivity index (χ0v) is 15.7. The average molecular weight is 360 g/mol. The van der Waals surface area contributed by atoms with Crippen LogP contribution < -0.4 is 10.6 Å². The van der Waals surface area contributed by atoms with Gasteiger partial charge in [0.2, 0.25) is 11.8 Å². The van der Waals surface area contributed by atoms with E-state index in [4.69, 9.17) is 5.11 Å². The highest BCUT2D eigenvalue weighted by Crippen LogP contribution is 2.30. The second kappa shape index (κ2) is 7.89. The Labute approximate surface area is 154 Å². The van der Waals surface area contributed by atoms with Gasteiger partial charge in [0.05, 0.1) is 5.54 Å². The summed E-state index contributed by atoms with van der Waals surface area (Å²) in [6, 6.07) is 8.03. The monoisotopic (exact) mass is 360 g/mol. The fraction of sp³-hybridized carbons (Fsp3) is 0.550. The molecule has 6 heteroatoms. The van der Waals surface area contributed by atoms with Crippen molar-refractivity contribution in [3.8, 4) is 0 Å². The summed E-state index contributed by atoms with van der Waals surface area (Å²) in [5.74, 6) is -1.07.